The SMILES string of the molecule is CC(C)n1cc(C(N)=O)c(=O)n(-c2ccccc2F)c1=O. The number of amides is 1. The normalized spacial score (nSPS) is 10.9. The van der Waals surface area contributed by atoms with Gasteiger partial charge in [-0.3, -0.25) is 14.2 Å². The van der Waals surface area contributed by atoms with Crippen molar-refractivity contribution in [2.75, 3.05) is 0 Å². The Labute approximate surface area is 119 Å². The van der Waals surface area contributed by atoms with Gasteiger partial charge in [-0.2, -0.15) is 0 Å². The molecular weight excluding hydrogens is 277 g/mol. The van der Waals surface area contributed by atoms with E-state index in [4.69, 9.17) is 5.73 Å². The maximum absolute atomic E-state index is 13.9. The van der Waals surface area contributed by atoms with Crippen molar-refractivity contribution in [3.05, 3.63) is 62.7 Å². The molecule has 0 aliphatic carbocycles. The summed E-state index contributed by atoms with van der Waals surface area (Å²) in [6.45, 7) is 3.39. The van der Waals surface area contributed by atoms with Crippen LogP contribution < -0.4 is 17.0 Å². The van der Waals surface area contributed by atoms with Crippen molar-refractivity contribution < 1.29 is 9.18 Å². The van der Waals surface area contributed by atoms with Crippen LogP contribution in [0.1, 0.15) is 30.2 Å². The van der Waals surface area contributed by atoms with Crippen molar-refractivity contribution in [2.45, 2.75) is 19.9 Å². The van der Waals surface area contributed by atoms with Gasteiger partial charge in [0, 0.05) is 12.2 Å². The first-order valence-electron chi connectivity index (χ1n) is 6.27. The van der Waals surface area contributed by atoms with Crippen LogP contribution in [0, 0.1) is 5.82 Å². The van der Waals surface area contributed by atoms with Gasteiger partial charge in [0.1, 0.15) is 11.4 Å². The van der Waals surface area contributed by atoms with Gasteiger partial charge in [-0.1, -0.05) is 12.1 Å². The Balaban J connectivity index is 2.95. The number of benzene rings is 1. The molecule has 0 radical (unpaired) electrons. The number of carbonyl (C=O) groups excluding carboxylic acids is 1. The molecule has 0 bridgehead atoms. The molecule has 0 saturated carbocycles. The highest BCUT2D eigenvalue weighted by Gasteiger charge is 2.19. The first-order valence-corrected chi connectivity index (χ1v) is 6.27. The van der Waals surface area contributed by atoms with Crippen molar-refractivity contribution in [1.29, 1.82) is 0 Å². The third-order valence-electron chi connectivity index (χ3n) is 3.03. The number of rotatable bonds is 3. The molecule has 1 heterocycles. The van der Waals surface area contributed by atoms with E-state index in [0.29, 0.717) is 4.57 Å². The van der Waals surface area contributed by atoms with Crippen LogP contribution in [0.3, 0.4) is 0 Å². The third-order valence-corrected chi connectivity index (χ3v) is 3.03. The maximum atomic E-state index is 13.9. The molecule has 1 aromatic heterocycles. The van der Waals surface area contributed by atoms with Gasteiger partial charge < -0.3 is 5.73 Å². The lowest BCUT2D eigenvalue weighted by molar-refractivity contribution is 0.0997. The molecule has 0 unspecified atom stereocenters. The molecule has 2 N–H and O–H groups in total. The Bertz CT molecular complexity index is 821. The standard InChI is InChI=1S/C14H14FN3O3/c1-8(2)17-7-9(12(16)19)13(20)18(14(17)21)11-6-4-3-5-10(11)15/h3-8H,1-2H3,(H2,16,19). The molecule has 7 heteroatoms. The Hall–Kier alpha value is -2.70. The van der Waals surface area contributed by atoms with Crippen LogP contribution in [0.2, 0.25) is 0 Å². The number of nitrogens with two attached hydrogens (primary N) is 1. The highest BCUT2D eigenvalue weighted by molar-refractivity contribution is 5.92. The largest absolute Gasteiger partial charge is 0.365 e. The van der Waals surface area contributed by atoms with Crippen LogP contribution in [0.15, 0.2) is 40.1 Å². The zero-order chi connectivity index (χ0) is 15.7. The average Bonchev–Trinajstić information content (AvgIpc) is 2.40. The van der Waals surface area contributed by atoms with Crippen LogP contribution in [-0.2, 0) is 0 Å². The monoisotopic (exact) mass is 291 g/mol. The van der Waals surface area contributed by atoms with E-state index < -0.39 is 23.0 Å². The molecule has 0 saturated heterocycles. The summed E-state index contributed by atoms with van der Waals surface area (Å²) in [5.74, 6) is -1.71. The first-order chi connectivity index (χ1) is 9.84. The summed E-state index contributed by atoms with van der Waals surface area (Å²) in [4.78, 5) is 36.0. The predicted molar refractivity (Wildman–Crippen MR) is 75.2 cm³/mol. The second-order valence-corrected chi connectivity index (χ2v) is 4.78. The molecule has 1 aromatic carbocycles. The van der Waals surface area contributed by atoms with E-state index in [1.807, 2.05) is 0 Å². The summed E-state index contributed by atoms with van der Waals surface area (Å²) in [5.41, 5.74) is 2.90. The summed E-state index contributed by atoms with van der Waals surface area (Å²) in [6, 6.07) is 5.00. The van der Waals surface area contributed by atoms with Crippen LogP contribution in [0.4, 0.5) is 4.39 Å². The van der Waals surface area contributed by atoms with Crippen LogP contribution in [0.25, 0.3) is 5.69 Å². The number of aromatic nitrogens is 2. The summed E-state index contributed by atoms with van der Waals surface area (Å²) >= 11 is 0. The Kier molecular flexibility index (Phi) is 3.75. The number of primary amides is 1. The lowest BCUT2D eigenvalue weighted by atomic mass is 10.2. The minimum Gasteiger partial charge on any atom is -0.365 e. The number of hydrogen-bond acceptors (Lipinski definition) is 3. The van der Waals surface area contributed by atoms with Gasteiger partial charge in [0.25, 0.3) is 11.5 Å². The molecule has 110 valence electrons. The Morgan fingerprint density at radius 1 is 1.24 bits per heavy atom. The molecule has 21 heavy (non-hydrogen) atoms. The van der Waals surface area contributed by atoms with Crippen LogP contribution >= 0.6 is 0 Å². The first kappa shape index (κ1) is 14.7. The second-order valence-electron chi connectivity index (χ2n) is 4.78. The quantitative estimate of drug-likeness (QED) is 0.908. The fourth-order valence-corrected chi connectivity index (χ4v) is 1.96. The molecular formula is C14H14FN3O3. The number of halogens is 1. The van der Waals surface area contributed by atoms with Crippen molar-refractivity contribution in [1.82, 2.24) is 9.13 Å². The molecule has 1 amide bonds. The van der Waals surface area contributed by atoms with Crippen molar-refractivity contribution in [3.8, 4) is 5.69 Å². The topological polar surface area (TPSA) is 87.1 Å². The van der Waals surface area contributed by atoms with E-state index in [1.54, 1.807) is 13.8 Å². The van der Waals surface area contributed by atoms with Gasteiger partial charge in [-0.15, -0.1) is 0 Å². The molecule has 0 aliphatic rings. The summed E-state index contributed by atoms with van der Waals surface area (Å²) in [5, 5.41) is 0. The van der Waals surface area contributed by atoms with Gasteiger partial charge in [-0.05, 0) is 26.0 Å². The van der Waals surface area contributed by atoms with Crippen LogP contribution in [0.5, 0.6) is 0 Å². The van der Waals surface area contributed by atoms with Gasteiger partial charge >= 0.3 is 5.69 Å². The van der Waals surface area contributed by atoms with Gasteiger partial charge in [0.2, 0.25) is 0 Å². The number of nitrogens with zero attached hydrogens (tertiary/aromatic N) is 2. The van der Waals surface area contributed by atoms with E-state index in [0.717, 1.165) is 16.8 Å². The predicted octanol–water partition coefficient (Wildman–Crippen LogP) is 0.818. The van der Waals surface area contributed by atoms with E-state index in [1.165, 1.54) is 18.2 Å². The molecule has 6 nitrogen and oxygen atoms in total. The molecule has 0 atom stereocenters. The summed E-state index contributed by atoms with van der Waals surface area (Å²) < 4.78 is 15.7. The fraction of sp³-hybridized carbons (Fsp3) is 0.214. The zero-order valence-electron chi connectivity index (χ0n) is 11.5. The maximum Gasteiger partial charge on any atom is 0.336 e. The molecule has 2 aromatic rings. The van der Waals surface area contributed by atoms with Gasteiger partial charge in [0.05, 0.1) is 5.69 Å². The number of hydrogen-bond donors (Lipinski definition) is 1. The average molecular weight is 291 g/mol. The molecule has 0 fully saturated rings. The summed E-state index contributed by atoms with van der Waals surface area (Å²) in [7, 11) is 0. The van der Waals surface area contributed by atoms with Crippen molar-refractivity contribution >= 4 is 5.91 Å². The van der Waals surface area contributed by atoms with E-state index in [9.17, 15) is 18.8 Å². The third kappa shape index (κ3) is 2.49. The number of carbonyl (C=O) groups is 1. The highest BCUT2D eigenvalue weighted by atomic mass is 19.1. The Morgan fingerprint density at radius 3 is 2.38 bits per heavy atom. The zero-order valence-corrected chi connectivity index (χ0v) is 11.5. The fourth-order valence-electron chi connectivity index (χ4n) is 1.96. The number of para-hydroxylation sites is 1. The Morgan fingerprint density at radius 2 is 1.86 bits per heavy atom. The van der Waals surface area contributed by atoms with Gasteiger partial charge in [-0.25, -0.2) is 13.8 Å². The summed E-state index contributed by atoms with van der Waals surface area (Å²) in [6.07, 6.45) is 1.11. The molecule has 2 rings (SSSR count). The van der Waals surface area contributed by atoms with Crippen molar-refractivity contribution in [2.24, 2.45) is 5.73 Å². The minimum absolute atomic E-state index is 0.218. The minimum atomic E-state index is -0.973. The lowest BCUT2D eigenvalue weighted by Crippen LogP contribution is -2.43. The van der Waals surface area contributed by atoms with E-state index in [2.05, 4.69) is 0 Å². The van der Waals surface area contributed by atoms with Crippen molar-refractivity contribution in [3.63, 3.8) is 0 Å². The second kappa shape index (κ2) is 5.35. The molecule has 0 spiro atoms. The highest BCUT2D eigenvalue weighted by Crippen LogP contribution is 2.10. The van der Waals surface area contributed by atoms with E-state index in [-0.39, 0.29) is 17.3 Å². The lowest BCUT2D eigenvalue weighted by Gasteiger charge is -2.14. The van der Waals surface area contributed by atoms with Gasteiger partial charge in [0.15, 0.2) is 0 Å². The van der Waals surface area contributed by atoms with Crippen LogP contribution in [-0.4, -0.2) is 15.0 Å². The van der Waals surface area contributed by atoms with E-state index >= 15 is 0 Å². The molecule has 0 aliphatic heterocycles. The smallest absolute Gasteiger partial charge is 0.336 e.